The Morgan fingerprint density at radius 1 is 1.21 bits per heavy atom. The Morgan fingerprint density at radius 2 is 1.92 bits per heavy atom. The van der Waals surface area contributed by atoms with Crippen LogP contribution >= 0.6 is 11.3 Å². The fourth-order valence-corrected chi connectivity index (χ4v) is 5.32. The van der Waals surface area contributed by atoms with Gasteiger partial charge < -0.3 is 15.5 Å². The molecule has 0 spiro atoms. The third kappa shape index (κ3) is 2.75. The number of fused-ring (bicyclic) bond motifs is 1. The summed E-state index contributed by atoms with van der Waals surface area (Å²) in [5, 5.41) is 2.00. The average Bonchev–Trinajstić information content (AvgIpc) is 3.33. The Labute approximate surface area is 146 Å². The molecule has 2 aliphatic heterocycles. The smallest absolute Gasteiger partial charge is 0.255 e. The van der Waals surface area contributed by atoms with Crippen molar-refractivity contribution in [3.05, 3.63) is 21.9 Å². The highest BCUT2D eigenvalue weighted by molar-refractivity contribution is 7.10. The van der Waals surface area contributed by atoms with Crippen molar-refractivity contribution in [2.45, 2.75) is 57.2 Å². The molecule has 6 heteroatoms. The van der Waals surface area contributed by atoms with Crippen LogP contribution in [0.25, 0.3) is 0 Å². The van der Waals surface area contributed by atoms with Crippen LogP contribution in [0.5, 0.6) is 0 Å². The third-order valence-electron chi connectivity index (χ3n) is 5.94. The maximum atomic E-state index is 12.5. The second-order valence-corrected chi connectivity index (χ2v) is 8.32. The number of hydrogen-bond donors (Lipinski definition) is 1. The van der Waals surface area contributed by atoms with Gasteiger partial charge in [0.1, 0.15) is 0 Å². The van der Waals surface area contributed by atoms with Crippen LogP contribution in [0.4, 0.5) is 0 Å². The molecular weight excluding hydrogens is 322 g/mol. The van der Waals surface area contributed by atoms with Crippen molar-refractivity contribution < 1.29 is 9.59 Å². The van der Waals surface area contributed by atoms with Gasteiger partial charge in [0, 0.05) is 24.0 Å². The van der Waals surface area contributed by atoms with Gasteiger partial charge in [-0.15, -0.1) is 11.3 Å². The minimum atomic E-state index is -0.361. The van der Waals surface area contributed by atoms with E-state index in [0.717, 1.165) is 63.7 Å². The summed E-state index contributed by atoms with van der Waals surface area (Å²) in [6.07, 6.45) is 6.03. The zero-order valence-corrected chi connectivity index (χ0v) is 14.8. The minimum Gasteiger partial charge on any atom is -0.341 e. The second kappa shape index (κ2) is 6.48. The topological polar surface area (TPSA) is 66.6 Å². The van der Waals surface area contributed by atoms with Crippen LogP contribution in [0.3, 0.4) is 0 Å². The molecule has 4 rings (SSSR count). The lowest BCUT2D eigenvalue weighted by Gasteiger charge is -2.37. The molecule has 0 bridgehead atoms. The second-order valence-electron chi connectivity index (χ2n) is 7.32. The number of thiophene rings is 1. The molecule has 3 heterocycles. The lowest BCUT2D eigenvalue weighted by atomic mass is 9.81. The molecule has 24 heavy (non-hydrogen) atoms. The van der Waals surface area contributed by atoms with Crippen molar-refractivity contribution in [1.29, 1.82) is 0 Å². The van der Waals surface area contributed by atoms with E-state index >= 15 is 0 Å². The first kappa shape index (κ1) is 16.1. The summed E-state index contributed by atoms with van der Waals surface area (Å²) < 4.78 is 0. The highest BCUT2D eigenvalue weighted by atomic mass is 32.1. The molecule has 1 saturated carbocycles. The Kier molecular flexibility index (Phi) is 4.35. The number of rotatable bonds is 3. The van der Waals surface area contributed by atoms with Crippen molar-refractivity contribution in [3.63, 3.8) is 0 Å². The Bertz CT molecular complexity index is 630. The summed E-state index contributed by atoms with van der Waals surface area (Å²) in [5.74, 6) is 0.587. The Hall–Kier alpha value is -1.40. The predicted octanol–water partition coefficient (Wildman–Crippen LogP) is 2.21. The number of carbonyl (C=O) groups is 2. The van der Waals surface area contributed by atoms with Gasteiger partial charge in [-0.2, -0.15) is 0 Å². The van der Waals surface area contributed by atoms with E-state index in [9.17, 15) is 9.59 Å². The van der Waals surface area contributed by atoms with Gasteiger partial charge in [0.15, 0.2) is 0 Å². The van der Waals surface area contributed by atoms with E-state index < -0.39 is 0 Å². The van der Waals surface area contributed by atoms with Crippen LogP contribution in [-0.4, -0.2) is 46.8 Å². The van der Waals surface area contributed by atoms with E-state index in [1.54, 1.807) is 11.3 Å². The molecule has 2 N–H and O–H groups in total. The van der Waals surface area contributed by atoms with Gasteiger partial charge >= 0.3 is 0 Å². The normalized spacial score (nSPS) is 28.3. The molecule has 0 radical (unpaired) electrons. The first-order valence-electron chi connectivity index (χ1n) is 9.07. The summed E-state index contributed by atoms with van der Waals surface area (Å²) >= 11 is 1.67. The van der Waals surface area contributed by atoms with Gasteiger partial charge in [-0.1, -0.05) is 0 Å². The zero-order chi connectivity index (χ0) is 16.7. The van der Waals surface area contributed by atoms with Crippen LogP contribution in [0.15, 0.2) is 11.4 Å². The molecule has 2 amide bonds. The average molecular weight is 347 g/mol. The molecule has 1 saturated heterocycles. The van der Waals surface area contributed by atoms with Crippen molar-refractivity contribution in [3.8, 4) is 0 Å². The predicted molar refractivity (Wildman–Crippen MR) is 93.7 cm³/mol. The van der Waals surface area contributed by atoms with E-state index in [1.807, 2.05) is 21.2 Å². The number of nitrogens with zero attached hydrogens (tertiary/aromatic N) is 2. The van der Waals surface area contributed by atoms with Crippen LogP contribution in [0, 0.1) is 5.92 Å². The Morgan fingerprint density at radius 3 is 2.58 bits per heavy atom. The molecule has 0 unspecified atom stereocenters. The fraction of sp³-hybridized carbons (Fsp3) is 0.667. The molecule has 130 valence electrons. The summed E-state index contributed by atoms with van der Waals surface area (Å²) in [4.78, 5) is 30.1. The maximum absolute atomic E-state index is 12.5. The van der Waals surface area contributed by atoms with Crippen LogP contribution < -0.4 is 5.73 Å². The summed E-state index contributed by atoms with van der Waals surface area (Å²) in [6, 6.07) is 1.89. The largest absolute Gasteiger partial charge is 0.341 e. The van der Waals surface area contributed by atoms with Gasteiger partial charge in [-0.25, -0.2) is 0 Å². The van der Waals surface area contributed by atoms with Gasteiger partial charge in [0.25, 0.3) is 5.91 Å². The lowest BCUT2D eigenvalue weighted by molar-refractivity contribution is -0.133. The van der Waals surface area contributed by atoms with Crippen LogP contribution in [-0.2, 0) is 11.3 Å². The highest BCUT2D eigenvalue weighted by Gasteiger charge is 2.38. The van der Waals surface area contributed by atoms with E-state index in [1.165, 1.54) is 4.88 Å². The summed E-state index contributed by atoms with van der Waals surface area (Å²) in [6.45, 7) is 2.50. The number of amides is 2. The SMILES string of the molecule is N[C@H](C(=O)N1CCCC1)[C@H]1CC[C@H](N2Cc3sccc3C2=O)CC1. The van der Waals surface area contributed by atoms with Gasteiger partial charge in [0.05, 0.1) is 18.2 Å². The van der Waals surface area contributed by atoms with Crippen LogP contribution in [0.1, 0.15) is 53.8 Å². The monoisotopic (exact) mass is 347 g/mol. The first-order valence-corrected chi connectivity index (χ1v) is 9.95. The van der Waals surface area contributed by atoms with E-state index in [0.29, 0.717) is 6.04 Å². The molecule has 1 aromatic heterocycles. The Balaban J connectivity index is 1.33. The van der Waals surface area contributed by atoms with Crippen molar-refractivity contribution in [2.24, 2.45) is 11.7 Å². The molecule has 3 aliphatic rings. The fourth-order valence-electron chi connectivity index (χ4n) is 4.45. The quantitative estimate of drug-likeness (QED) is 0.912. The zero-order valence-electron chi connectivity index (χ0n) is 13.9. The minimum absolute atomic E-state index is 0.135. The number of nitrogens with two attached hydrogens (primary N) is 1. The van der Waals surface area contributed by atoms with Crippen molar-refractivity contribution >= 4 is 23.2 Å². The van der Waals surface area contributed by atoms with Crippen molar-refractivity contribution in [2.75, 3.05) is 13.1 Å². The highest BCUT2D eigenvalue weighted by Crippen LogP contribution is 2.36. The molecule has 2 fully saturated rings. The first-order chi connectivity index (χ1) is 11.6. The summed E-state index contributed by atoms with van der Waals surface area (Å²) in [5.41, 5.74) is 7.17. The lowest BCUT2D eigenvalue weighted by Crippen LogP contribution is -2.49. The van der Waals surface area contributed by atoms with Gasteiger partial charge in [-0.05, 0) is 55.9 Å². The van der Waals surface area contributed by atoms with Crippen molar-refractivity contribution in [1.82, 2.24) is 9.80 Å². The molecular formula is C18H25N3O2S. The number of hydrogen-bond acceptors (Lipinski definition) is 4. The van der Waals surface area contributed by atoms with Crippen LogP contribution in [0.2, 0.25) is 0 Å². The molecule has 1 atom stereocenters. The molecule has 5 nitrogen and oxygen atoms in total. The summed E-state index contributed by atoms with van der Waals surface area (Å²) in [7, 11) is 0. The van der Waals surface area contributed by atoms with Gasteiger partial charge in [-0.3, -0.25) is 9.59 Å². The number of carbonyl (C=O) groups excluding carboxylic acids is 2. The van der Waals surface area contributed by atoms with Gasteiger partial charge in [0.2, 0.25) is 5.91 Å². The maximum Gasteiger partial charge on any atom is 0.255 e. The molecule has 0 aromatic carbocycles. The number of likely N-dealkylation sites (tertiary alicyclic amines) is 1. The molecule has 1 aliphatic carbocycles. The standard InChI is InChI=1S/C18H25N3O2S/c19-16(18(23)20-8-1-2-9-20)12-3-5-13(6-4-12)21-11-15-14(17(21)22)7-10-24-15/h7,10,12-13,16H,1-6,8-9,11,19H2/t12-,13-,16-/m0/s1. The molecule has 1 aromatic rings. The third-order valence-corrected chi connectivity index (χ3v) is 6.85. The van der Waals surface area contributed by atoms with E-state index in [4.69, 9.17) is 5.73 Å². The van der Waals surface area contributed by atoms with E-state index in [2.05, 4.69) is 0 Å². The van der Waals surface area contributed by atoms with E-state index in [-0.39, 0.29) is 23.8 Å².